The van der Waals surface area contributed by atoms with Gasteiger partial charge in [-0.15, -0.1) is 0 Å². The summed E-state index contributed by atoms with van der Waals surface area (Å²) in [6, 6.07) is 2.88. The number of benzene rings is 1. The smallest absolute Gasteiger partial charge is 0.141 e. The van der Waals surface area contributed by atoms with Crippen LogP contribution in [-0.4, -0.2) is 34.9 Å². The van der Waals surface area contributed by atoms with Crippen molar-refractivity contribution in [3.63, 3.8) is 0 Å². The largest absolute Gasteiger partial charge is 0.574 e. The molecule has 0 aliphatic rings. The van der Waals surface area contributed by atoms with E-state index >= 15 is 0 Å². The Morgan fingerprint density at radius 2 is 1.89 bits per heavy atom. The average Bonchev–Trinajstić information content (AvgIpc) is 2.28. The third-order valence-electron chi connectivity index (χ3n) is 2.09. The lowest BCUT2D eigenvalue weighted by atomic mass is 10.3. The highest BCUT2D eigenvalue weighted by atomic mass is 35.5. The predicted molar refractivity (Wildman–Crippen MR) is 69.1 cm³/mol. The second-order valence-electron chi connectivity index (χ2n) is 3.39. The molecule has 0 atom stereocenters. The van der Waals surface area contributed by atoms with Crippen LogP contribution in [0, 0.1) is 0 Å². The zero-order valence-electron chi connectivity index (χ0n) is 10.1. The number of rotatable bonds is 6. The SMILES string of the molecule is COc1cc(OC)c([N-]S(=O)(=O)CC[NH3+])cc1Cl. The molecule has 8 heteroatoms. The number of ether oxygens (including phenoxy) is 2. The minimum Gasteiger partial charge on any atom is -0.574 e. The summed E-state index contributed by atoms with van der Waals surface area (Å²) >= 11 is 5.92. The molecule has 0 radical (unpaired) electrons. The van der Waals surface area contributed by atoms with E-state index in [0.717, 1.165) is 0 Å². The molecule has 3 N–H and O–H groups in total. The van der Waals surface area contributed by atoms with Crippen LogP contribution in [0.3, 0.4) is 0 Å². The molecule has 6 nitrogen and oxygen atoms in total. The predicted octanol–water partition coefficient (Wildman–Crippen LogP) is 0.934. The van der Waals surface area contributed by atoms with Crippen molar-refractivity contribution < 1.29 is 23.6 Å². The fraction of sp³-hybridized carbons (Fsp3) is 0.400. The molecular formula is C10H15ClN2O4S. The highest BCUT2D eigenvalue weighted by Crippen LogP contribution is 2.40. The van der Waals surface area contributed by atoms with E-state index in [2.05, 4.69) is 10.5 Å². The second kappa shape index (κ2) is 6.12. The maximum absolute atomic E-state index is 11.6. The molecule has 0 aliphatic heterocycles. The monoisotopic (exact) mass is 294 g/mol. The van der Waals surface area contributed by atoms with E-state index in [0.29, 0.717) is 5.75 Å². The first-order valence-electron chi connectivity index (χ1n) is 5.10. The molecule has 0 saturated heterocycles. The van der Waals surface area contributed by atoms with Gasteiger partial charge in [-0.3, -0.25) is 0 Å². The van der Waals surface area contributed by atoms with Crippen LogP contribution in [0.1, 0.15) is 0 Å². The van der Waals surface area contributed by atoms with E-state index in [-0.39, 0.29) is 28.8 Å². The number of nitrogens with zero attached hydrogens (tertiary/aromatic N) is 1. The minimum absolute atomic E-state index is 0.125. The first-order valence-corrected chi connectivity index (χ1v) is 7.08. The van der Waals surface area contributed by atoms with E-state index in [1.807, 2.05) is 0 Å². The van der Waals surface area contributed by atoms with Crippen LogP contribution in [-0.2, 0) is 10.0 Å². The molecule has 0 unspecified atom stereocenters. The standard InChI is InChI=1S/C10H14ClN2O4S/c1-16-9-6-10(17-2)8(5-7(9)11)13-18(14,15)4-3-12/h5-6H,3-4,12H2,1-2H3/q-1/p+1. The van der Waals surface area contributed by atoms with Crippen molar-refractivity contribution in [3.8, 4) is 11.5 Å². The number of halogens is 1. The fourth-order valence-corrected chi connectivity index (χ4v) is 2.43. The number of sulfonamides is 1. The zero-order chi connectivity index (χ0) is 13.8. The van der Waals surface area contributed by atoms with Gasteiger partial charge in [-0.1, -0.05) is 23.4 Å². The number of hydrogen-bond donors (Lipinski definition) is 1. The Hall–Kier alpha value is -1.18. The van der Waals surface area contributed by atoms with Gasteiger partial charge in [-0.2, -0.15) is 0 Å². The molecule has 1 aromatic rings. The first-order chi connectivity index (χ1) is 8.43. The molecular weight excluding hydrogens is 280 g/mol. The quantitative estimate of drug-likeness (QED) is 0.844. The Morgan fingerprint density at radius 1 is 1.28 bits per heavy atom. The van der Waals surface area contributed by atoms with Crippen molar-refractivity contribution in [1.82, 2.24) is 0 Å². The Morgan fingerprint density at radius 3 is 2.39 bits per heavy atom. The molecule has 0 aromatic heterocycles. The van der Waals surface area contributed by atoms with Gasteiger partial charge >= 0.3 is 0 Å². The van der Waals surface area contributed by atoms with E-state index in [9.17, 15) is 8.42 Å². The molecule has 0 heterocycles. The van der Waals surface area contributed by atoms with Crippen LogP contribution in [0.4, 0.5) is 5.69 Å². The Bertz CT molecular complexity index is 519. The lowest BCUT2D eigenvalue weighted by Crippen LogP contribution is -2.52. The molecule has 0 spiro atoms. The van der Waals surface area contributed by atoms with E-state index in [4.69, 9.17) is 21.1 Å². The topological polar surface area (TPSA) is 94.3 Å². The van der Waals surface area contributed by atoms with Gasteiger partial charge in [-0.25, -0.2) is 8.42 Å². The van der Waals surface area contributed by atoms with Gasteiger partial charge in [0.1, 0.15) is 11.5 Å². The summed E-state index contributed by atoms with van der Waals surface area (Å²) in [6.45, 7) is 0.248. The molecule has 0 aliphatic carbocycles. The van der Waals surface area contributed by atoms with Crippen molar-refractivity contribution in [2.24, 2.45) is 0 Å². The highest BCUT2D eigenvalue weighted by molar-refractivity contribution is 7.94. The van der Waals surface area contributed by atoms with Gasteiger partial charge in [-0.05, 0) is 0 Å². The van der Waals surface area contributed by atoms with Crippen LogP contribution in [0.25, 0.3) is 4.72 Å². The van der Waals surface area contributed by atoms with Crippen molar-refractivity contribution in [1.29, 1.82) is 0 Å². The molecule has 1 rings (SSSR count). The Kier molecular flexibility index (Phi) is 5.06. The van der Waals surface area contributed by atoms with Gasteiger partial charge in [0.05, 0.1) is 41.6 Å². The summed E-state index contributed by atoms with van der Waals surface area (Å²) in [5.41, 5.74) is 3.63. The zero-order valence-corrected chi connectivity index (χ0v) is 11.7. The van der Waals surface area contributed by atoms with Crippen molar-refractivity contribution in [2.75, 3.05) is 26.5 Å². The lowest BCUT2D eigenvalue weighted by Gasteiger charge is -2.24. The summed E-state index contributed by atoms with van der Waals surface area (Å²) in [7, 11) is -0.703. The molecule has 0 saturated carbocycles. The van der Waals surface area contributed by atoms with Crippen LogP contribution in [0.2, 0.25) is 5.02 Å². The summed E-state index contributed by atoms with van der Waals surface area (Å²) in [5.74, 6) is 0.547. The lowest BCUT2D eigenvalue weighted by molar-refractivity contribution is -0.360. The molecule has 102 valence electrons. The molecule has 0 fully saturated rings. The van der Waals surface area contributed by atoms with Crippen LogP contribution >= 0.6 is 11.6 Å². The van der Waals surface area contributed by atoms with Gasteiger partial charge < -0.3 is 19.9 Å². The van der Waals surface area contributed by atoms with E-state index in [1.54, 1.807) is 0 Å². The normalized spacial score (nSPS) is 11.1. The maximum Gasteiger partial charge on any atom is 0.141 e. The first kappa shape index (κ1) is 14.9. The van der Waals surface area contributed by atoms with Crippen LogP contribution in [0.15, 0.2) is 12.1 Å². The van der Waals surface area contributed by atoms with Crippen LogP contribution in [0.5, 0.6) is 11.5 Å². The molecule has 1 aromatic carbocycles. The van der Waals surface area contributed by atoms with Crippen LogP contribution < -0.4 is 15.2 Å². The number of quaternary nitrogens is 1. The summed E-state index contributed by atoms with van der Waals surface area (Å²) in [4.78, 5) is 0. The Balaban J connectivity index is 3.13. The van der Waals surface area contributed by atoms with Gasteiger partial charge in [0.15, 0.2) is 0 Å². The number of hydrogen-bond acceptors (Lipinski definition) is 4. The molecule has 0 amide bonds. The molecule has 18 heavy (non-hydrogen) atoms. The van der Waals surface area contributed by atoms with Gasteiger partial charge in [0, 0.05) is 6.07 Å². The number of methoxy groups -OCH3 is 2. The van der Waals surface area contributed by atoms with E-state index in [1.165, 1.54) is 26.4 Å². The Labute approximate surface area is 111 Å². The van der Waals surface area contributed by atoms with Crippen molar-refractivity contribution >= 4 is 27.3 Å². The summed E-state index contributed by atoms with van der Waals surface area (Å²) < 4.78 is 36.9. The van der Waals surface area contributed by atoms with Gasteiger partial charge in [0.2, 0.25) is 0 Å². The third-order valence-corrected chi connectivity index (χ3v) is 3.67. The van der Waals surface area contributed by atoms with Gasteiger partial charge in [0.25, 0.3) is 0 Å². The van der Waals surface area contributed by atoms with E-state index < -0.39 is 10.0 Å². The van der Waals surface area contributed by atoms with Crippen molar-refractivity contribution in [2.45, 2.75) is 0 Å². The average molecular weight is 295 g/mol. The fourth-order valence-electron chi connectivity index (χ4n) is 1.29. The maximum atomic E-state index is 11.6. The summed E-state index contributed by atoms with van der Waals surface area (Å²) in [6.07, 6.45) is 0. The highest BCUT2D eigenvalue weighted by Gasteiger charge is 2.08. The minimum atomic E-state index is -3.57. The summed E-state index contributed by atoms with van der Waals surface area (Å²) in [5, 5.41) is 0.266. The third kappa shape index (κ3) is 3.66. The molecule has 0 bridgehead atoms. The van der Waals surface area contributed by atoms with Crippen molar-refractivity contribution in [3.05, 3.63) is 21.9 Å². The second-order valence-corrected chi connectivity index (χ2v) is 5.55.